The molecule has 2 aliphatic rings. The van der Waals surface area contributed by atoms with Crippen molar-refractivity contribution in [3.05, 3.63) is 18.6 Å². The van der Waals surface area contributed by atoms with Crippen molar-refractivity contribution in [2.75, 3.05) is 44.8 Å². The van der Waals surface area contributed by atoms with Crippen molar-refractivity contribution in [3.8, 4) is 0 Å². The van der Waals surface area contributed by atoms with Crippen LogP contribution in [0.15, 0.2) is 18.6 Å². The van der Waals surface area contributed by atoms with Gasteiger partial charge in [-0.05, 0) is 45.6 Å². The van der Waals surface area contributed by atoms with Crippen LogP contribution >= 0.6 is 0 Å². The molecule has 134 valence electrons. The van der Waals surface area contributed by atoms with Crippen LogP contribution in [0.3, 0.4) is 0 Å². The molecule has 3 rings (SSSR count). The third-order valence-corrected chi connectivity index (χ3v) is 5.06. The molecule has 0 unspecified atom stereocenters. The van der Waals surface area contributed by atoms with Crippen LogP contribution in [0.2, 0.25) is 0 Å². The molecule has 1 atom stereocenters. The number of rotatable bonds is 7. The molecule has 6 nitrogen and oxygen atoms in total. The Morgan fingerprint density at radius 3 is 2.83 bits per heavy atom. The van der Waals surface area contributed by atoms with Crippen LogP contribution in [0.4, 0.5) is 5.82 Å². The van der Waals surface area contributed by atoms with Gasteiger partial charge in [0.05, 0.1) is 12.8 Å². The van der Waals surface area contributed by atoms with E-state index in [2.05, 4.69) is 26.8 Å². The van der Waals surface area contributed by atoms with Crippen LogP contribution < -0.4 is 4.90 Å². The van der Waals surface area contributed by atoms with Crippen LogP contribution in [-0.2, 0) is 9.47 Å². The highest BCUT2D eigenvalue weighted by Crippen LogP contribution is 2.20. The molecule has 6 heteroatoms. The third kappa shape index (κ3) is 5.13. The van der Waals surface area contributed by atoms with E-state index in [-0.39, 0.29) is 6.29 Å². The summed E-state index contributed by atoms with van der Waals surface area (Å²) in [5.74, 6) is 1.000. The van der Waals surface area contributed by atoms with Gasteiger partial charge in [-0.2, -0.15) is 0 Å². The van der Waals surface area contributed by atoms with Crippen molar-refractivity contribution >= 4 is 5.82 Å². The Balaban J connectivity index is 1.31. The molecule has 1 aromatic heterocycles. The van der Waals surface area contributed by atoms with Gasteiger partial charge in [0.25, 0.3) is 0 Å². The Morgan fingerprint density at radius 2 is 2.12 bits per heavy atom. The molecule has 0 radical (unpaired) electrons. The molecule has 2 aliphatic heterocycles. The highest BCUT2D eigenvalue weighted by atomic mass is 16.7. The first-order valence-corrected chi connectivity index (χ1v) is 9.27. The molecule has 2 saturated heterocycles. The number of ether oxygens (including phenoxy) is 2. The zero-order valence-corrected chi connectivity index (χ0v) is 14.8. The zero-order chi connectivity index (χ0) is 16.6. The molecule has 0 bridgehead atoms. The average Bonchev–Trinajstić information content (AvgIpc) is 2.67. The number of nitrogens with zero attached hydrogens (tertiary/aromatic N) is 4. The lowest BCUT2D eigenvalue weighted by molar-refractivity contribution is -0.163. The van der Waals surface area contributed by atoms with E-state index in [0.29, 0.717) is 6.04 Å². The van der Waals surface area contributed by atoms with Gasteiger partial charge in [0.2, 0.25) is 0 Å². The molecular weight excluding hydrogens is 304 g/mol. The highest BCUT2D eigenvalue weighted by molar-refractivity contribution is 5.35. The smallest absolute Gasteiger partial charge is 0.157 e. The zero-order valence-electron chi connectivity index (χ0n) is 14.8. The second-order valence-corrected chi connectivity index (χ2v) is 6.78. The highest BCUT2D eigenvalue weighted by Gasteiger charge is 2.23. The molecule has 2 fully saturated rings. The minimum absolute atomic E-state index is 0.0410. The Morgan fingerprint density at radius 1 is 1.25 bits per heavy atom. The predicted octanol–water partition coefficient (Wildman–Crippen LogP) is 2.31. The fourth-order valence-electron chi connectivity index (χ4n) is 3.54. The number of hydrogen-bond donors (Lipinski definition) is 0. The van der Waals surface area contributed by atoms with Crippen molar-refractivity contribution in [3.63, 3.8) is 0 Å². The number of piperidine rings is 1. The van der Waals surface area contributed by atoms with Gasteiger partial charge < -0.3 is 19.3 Å². The molecule has 0 amide bonds. The van der Waals surface area contributed by atoms with E-state index in [1.807, 2.05) is 6.20 Å². The summed E-state index contributed by atoms with van der Waals surface area (Å²) >= 11 is 0. The molecule has 0 aliphatic carbocycles. The quantitative estimate of drug-likeness (QED) is 0.713. The molecule has 0 spiro atoms. The Bertz CT molecular complexity index is 459. The van der Waals surface area contributed by atoms with Gasteiger partial charge in [0.1, 0.15) is 5.82 Å². The Hall–Kier alpha value is -1.24. The van der Waals surface area contributed by atoms with E-state index >= 15 is 0 Å². The lowest BCUT2D eigenvalue weighted by atomic mass is 10.0. The lowest BCUT2D eigenvalue weighted by Gasteiger charge is -2.37. The number of anilines is 1. The number of aromatic nitrogens is 2. The average molecular weight is 334 g/mol. The van der Waals surface area contributed by atoms with Crippen LogP contribution in [0.25, 0.3) is 0 Å². The molecular formula is C18H30N4O2. The molecule has 1 aromatic rings. The van der Waals surface area contributed by atoms with Gasteiger partial charge >= 0.3 is 0 Å². The monoisotopic (exact) mass is 334 g/mol. The standard InChI is InChI=1S/C18H30N4O2/c1-21(10-4-14-24-18-5-2-3-13-23-18)16-6-11-22(12-7-16)17-15-19-8-9-20-17/h8-9,15-16,18H,2-7,10-14H2,1H3/t18-/m1/s1. The van der Waals surface area contributed by atoms with E-state index < -0.39 is 0 Å². The maximum Gasteiger partial charge on any atom is 0.157 e. The van der Waals surface area contributed by atoms with Gasteiger partial charge in [0.15, 0.2) is 6.29 Å². The van der Waals surface area contributed by atoms with Crippen LogP contribution in [0.1, 0.15) is 38.5 Å². The summed E-state index contributed by atoms with van der Waals surface area (Å²) in [5.41, 5.74) is 0. The predicted molar refractivity (Wildman–Crippen MR) is 94.1 cm³/mol. The van der Waals surface area contributed by atoms with Gasteiger partial charge in [-0.3, -0.25) is 4.98 Å². The fraction of sp³-hybridized carbons (Fsp3) is 0.778. The first kappa shape index (κ1) is 17.6. The SMILES string of the molecule is CN(CCCO[C@@H]1CCCCO1)C1CCN(c2cnccn2)CC1. The summed E-state index contributed by atoms with van der Waals surface area (Å²) in [4.78, 5) is 13.4. The van der Waals surface area contributed by atoms with E-state index in [9.17, 15) is 0 Å². The van der Waals surface area contributed by atoms with E-state index in [0.717, 1.165) is 51.5 Å². The summed E-state index contributed by atoms with van der Waals surface area (Å²) in [6.45, 7) is 4.85. The molecule has 24 heavy (non-hydrogen) atoms. The molecule has 0 N–H and O–H groups in total. The second-order valence-electron chi connectivity index (χ2n) is 6.78. The van der Waals surface area contributed by atoms with Gasteiger partial charge in [-0.1, -0.05) is 0 Å². The van der Waals surface area contributed by atoms with Gasteiger partial charge in [0, 0.05) is 44.7 Å². The van der Waals surface area contributed by atoms with Gasteiger partial charge in [-0.15, -0.1) is 0 Å². The first-order chi connectivity index (χ1) is 11.8. The maximum atomic E-state index is 5.82. The van der Waals surface area contributed by atoms with Crippen molar-refractivity contribution < 1.29 is 9.47 Å². The third-order valence-electron chi connectivity index (χ3n) is 5.06. The van der Waals surface area contributed by atoms with Crippen molar-refractivity contribution in [2.45, 2.75) is 50.9 Å². The van der Waals surface area contributed by atoms with E-state index in [4.69, 9.17) is 9.47 Å². The largest absolute Gasteiger partial charge is 0.355 e. The maximum absolute atomic E-state index is 5.82. The van der Waals surface area contributed by atoms with Crippen LogP contribution in [-0.4, -0.2) is 67.1 Å². The summed E-state index contributed by atoms with van der Waals surface area (Å²) < 4.78 is 11.4. The van der Waals surface area contributed by atoms with Crippen molar-refractivity contribution in [1.82, 2.24) is 14.9 Å². The number of hydrogen-bond acceptors (Lipinski definition) is 6. The summed E-state index contributed by atoms with van der Waals surface area (Å²) in [7, 11) is 2.24. The lowest BCUT2D eigenvalue weighted by Crippen LogP contribution is -2.44. The normalized spacial score (nSPS) is 22.9. The molecule has 0 aromatic carbocycles. The molecule has 0 saturated carbocycles. The topological polar surface area (TPSA) is 50.7 Å². The van der Waals surface area contributed by atoms with Crippen LogP contribution in [0.5, 0.6) is 0 Å². The van der Waals surface area contributed by atoms with Crippen molar-refractivity contribution in [1.29, 1.82) is 0 Å². The van der Waals surface area contributed by atoms with Gasteiger partial charge in [-0.25, -0.2) is 4.98 Å². The Labute approximate surface area is 145 Å². The minimum atomic E-state index is 0.0410. The van der Waals surface area contributed by atoms with Crippen LogP contribution in [0, 0.1) is 0 Å². The minimum Gasteiger partial charge on any atom is -0.355 e. The van der Waals surface area contributed by atoms with Crippen molar-refractivity contribution in [2.24, 2.45) is 0 Å². The molecule has 3 heterocycles. The fourth-order valence-corrected chi connectivity index (χ4v) is 3.54. The summed E-state index contributed by atoms with van der Waals surface area (Å²) in [5, 5.41) is 0. The Kier molecular flexibility index (Phi) is 6.81. The first-order valence-electron chi connectivity index (χ1n) is 9.27. The van der Waals surface area contributed by atoms with E-state index in [1.165, 1.54) is 25.7 Å². The summed E-state index contributed by atoms with van der Waals surface area (Å²) in [6, 6.07) is 0.656. The second kappa shape index (κ2) is 9.30. The van der Waals surface area contributed by atoms with E-state index in [1.54, 1.807) is 12.4 Å². The summed E-state index contributed by atoms with van der Waals surface area (Å²) in [6.07, 6.45) is 12.3.